The zero-order chi connectivity index (χ0) is 14.7. The Kier molecular flexibility index (Phi) is 4.58. The molecule has 0 saturated carbocycles. The maximum Gasteiger partial charge on any atom is 0.272 e. The standard InChI is InChI=1S/C16H26N4O/c1-19-15(8-11-18-19)16(21)20-12-4-2-3-5-14(20)13-6-9-17-10-7-13/h8,11,13-14,17H,2-7,9-10,12H2,1H3. The third-order valence-corrected chi connectivity index (χ3v) is 5.03. The van der Waals surface area contributed by atoms with Crippen LogP contribution in [0.25, 0.3) is 0 Å². The predicted molar refractivity (Wildman–Crippen MR) is 82.1 cm³/mol. The molecular weight excluding hydrogens is 264 g/mol. The topological polar surface area (TPSA) is 50.2 Å². The van der Waals surface area contributed by atoms with E-state index in [0.29, 0.717) is 12.0 Å². The van der Waals surface area contributed by atoms with E-state index in [-0.39, 0.29) is 5.91 Å². The van der Waals surface area contributed by atoms with Gasteiger partial charge >= 0.3 is 0 Å². The van der Waals surface area contributed by atoms with Crippen LogP contribution in [-0.4, -0.2) is 46.3 Å². The predicted octanol–water partition coefficient (Wildman–Crippen LogP) is 1.80. The minimum atomic E-state index is 0.167. The van der Waals surface area contributed by atoms with E-state index in [1.807, 2.05) is 13.1 Å². The molecule has 1 amide bonds. The number of amides is 1. The van der Waals surface area contributed by atoms with Crippen molar-refractivity contribution in [2.45, 2.75) is 44.6 Å². The van der Waals surface area contributed by atoms with E-state index in [1.54, 1.807) is 10.9 Å². The maximum absolute atomic E-state index is 12.9. The van der Waals surface area contributed by atoms with Gasteiger partial charge in [-0.15, -0.1) is 0 Å². The second-order valence-electron chi connectivity index (χ2n) is 6.34. The SMILES string of the molecule is Cn1nccc1C(=O)N1CCCCCC1C1CCNCC1. The fourth-order valence-corrected chi connectivity index (χ4v) is 3.84. The Morgan fingerprint density at radius 3 is 2.76 bits per heavy atom. The summed E-state index contributed by atoms with van der Waals surface area (Å²) in [6, 6.07) is 2.25. The first-order valence-electron chi connectivity index (χ1n) is 8.27. The second kappa shape index (κ2) is 6.60. The van der Waals surface area contributed by atoms with Crippen LogP contribution in [-0.2, 0) is 7.05 Å². The van der Waals surface area contributed by atoms with Crippen molar-refractivity contribution in [3.05, 3.63) is 18.0 Å². The van der Waals surface area contributed by atoms with Crippen LogP contribution < -0.4 is 5.32 Å². The van der Waals surface area contributed by atoms with E-state index < -0.39 is 0 Å². The van der Waals surface area contributed by atoms with E-state index >= 15 is 0 Å². The van der Waals surface area contributed by atoms with E-state index in [9.17, 15) is 4.79 Å². The zero-order valence-corrected chi connectivity index (χ0v) is 12.9. The zero-order valence-electron chi connectivity index (χ0n) is 12.9. The van der Waals surface area contributed by atoms with Gasteiger partial charge in [0, 0.05) is 25.8 Å². The molecule has 3 heterocycles. The number of carbonyl (C=O) groups is 1. The summed E-state index contributed by atoms with van der Waals surface area (Å²) in [5.41, 5.74) is 0.718. The lowest BCUT2D eigenvalue weighted by atomic mass is 9.86. The summed E-state index contributed by atoms with van der Waals surface area (Å²) in [6.07, 6.45) is 8.89. The maximum atomic E-state index is 12.9. The van der Waals surface area contributed by atoms with Gasteiger partial charge in [-0.25, -0.2) is 0 Å². The monoisotopic (exact) mass is 290 g/mol. The number of piperidine rings is 1. The molecule has 0 radical (unpaired) electrons. The summed E-state index contributed by atoms with van der Waals surface area (Å²) in [5.74, 6) is 0.821. The molecule has 0 aromatic carbocycles. The van der Waals surface area contributed by atoms with Crippen LogP contribution in [0.15, 0.2) is 12.3 Å². The molecule has 2 aliphatic rings. The van der Waals surface area contributed by atoms with Crippen molar-refractivity contribution < 1.29 is 4.79 Å². The summed E-state index contributed by atoms with van der Waals surface area (Å²) in [6.45, 7) is 3.09. The van der Waals surface area contributed by atoms with E-state index in [2.05, 4.69) is 15.3 Å². The minimum absolute atomic E-state index is 0.167. The highest BCUT2D eigenvalue weighted by Crippen LogP contribution is 2.29. The van der Waals surface area contributed by atoms with E-state index in [4.69, 9.17) is 0 Å². The van der Waals surface area contributed by atoms with Gasteiger partial charge in [-0.3, -0.25) is 9.48 Å². The number of nitrogens with zero attached hydrogens (tertiary/aromatic N) is 3. The third-order valence-electron chi connectivity index (χ3n) is 5.03. The summed E-state index contributed by atoms with van der Waals surface area (Å²) in [4.78, 5) is 15.1. The van der Waals surface area contributed by atoms with Crippen molar-refractivity contribution in [3.8, 4) is 0 Å². The number of likely N-dealkylation sites (tertiary alicyclic amines) is 1. The average Bonchev–Trinajstić information content (AvgIpc) is 2.80. The van der Waals surface area contributed by atoms with Gasteiger partial charge in [0.15, 0.2) is 0 Å². The molecule has 21 heavy (non-hydrogen) atoms. The smallest absolute Gasteiger partial charge is 0.272 e. The lowest BCUT2D eigenvalue weighted by Gasteiger charge is -2.38. The van der Waals surface area contributed by atoms with Crippen molar-refractivity contribution in [2.75, 3.05) is 19.6 Å². The average molecular weight is 290 g/mol. The molecule has 1 unspecified atom stereocenters. The third kappa shape index (κ3) is 3.12. The molecule has 1 N–H and O–H groups in total. The van der Waals surface area contributed by atoms with Crippen molar-refractivity contribution in [2.24, 2.45) is 13.0 Å². The van der Waals surface area contributed by atoms with Gasteiger partial charge in [-0.2, -0.15) is 5.10 Å². The molecule has 0 spiro atoms. The number of nitrogens with one attached hydrogen (secondary N) is 1. The van der Waals surface area contributed by atoms with Crippen molar-refractivity contribution in [1.82, 2.24) is 20.0 Å². The molecule has 0 aliphatic carbocycles. The molecule has 1 aromatic heterocycles. The van der Waals surface area contributed by atoms with Crippen LogP contribution in [0, 0.1) is 5.92 Å². The lowest BCUT2D eigenvalue weighted by Crippen LogP contribution is -2.47. The van der Waals surface area contributed by atoms with Crippen LogP contribution >= 0.6 is 0 Å². The van der Waals surface area contributed by atoms with E-state index in [0.717, 1.165) is 38.2 Å². The van der Waals surface area contributed by atoms with E-state index in [1.165, 1.54) is 25.7 Å². The van der Waals surface area contributed by atoms with Crippen LogP contribution in [0.4, 0.5) is 0 Å². The van der Waals surface area contributed by atoms with Gasteiger partial charge in [0.1, 0.15) is 5.69 Å². The fraction of sp³-hybridized carbons (Fsp3) is 0.750. The van der Waals surface area contributed by atoms with Gasteiger partial charge in [0.2, 0.25) is 0 Å². The molecule has 5 nitrogen and oxygen atoms in total. The summed E-state index contributed by atoms with van der Waals surface area (Å²) < 4.78 is 1.70. The van der Waals surface area contributed by atoms with Gasteiger partial charge in [0.25, 0.3) is 5.91 Å². The molecular formula is C16H26N4O. The molecule has 2 fully saturated rings. The van der Waals surface area contributed by atoms with Crippen LogP contribution in [0.1, 0.15) is 49.0 Å². The van der Waals surface area contributed by atoms with Gasteiger partial charge in [-0.05, 0) is 50.8 Å². The van der Waals surface area contributed by atoms with Crippen molar-refractivity contribution in [1.29, 1.82) is 0 Å². The number of aryl methyl sites for hydroxylation is 1. The van der Waals surface area contributed by atoms with Crippen LogP contribution in [0.2, 0.25) is 0 Å². The number of hydrogen-bond donors (Lipinski definition) is 1. The van der Waals surface area contributed by atoms with Gasteiger partial charge in [0.05, 0.1) is 0 Å². The lowest BCUT2D eigenvalue weighted by molar-refractivity contribution is 0.0571. The Morgan fingerprint density at radius 2 is 2.05 bits per heavy atom. The molecule has 1 atom stereocenters. The van der Waals surface area contributed by atoms with Gasteiger partial charge < -0.3 is 10.2 Å². The second-order valence-corrected chi connectivity index (χ2v) is 6.34. The Labute approximate surface area is 126 Å². The minimum Gasteiger partial charge on any atom is -0.334 e. The van der Waals surface area contributed by atoms with Gasteiger partial charge in [-0.1, -0.05) is 12.8 Å². The molecule has 2 saturated heterocycles. The summed E-state index contributed by atoms with van der Waals surface area (Å²) in [7, 11) is 1.85. The Morgan fingerprint density at radius 1 is 1.24 bits per heavy atom. The quantitative estimate of drug-likeness (QED) is 0.903. The molecule has 1 aromatic rings. The Balaban J connectivity index is 1.81. The molecule has 3 rings (SSSR count). The number of hydrogen-bond acceptors (Lipinski definition) is 3. The molecule has 5 heteroatoms. The molecule has 2 aliphatic heterocycles. The van der Waals surface area contributed by atoms with Crippen LogP contribution in [0.3, 0.4) is 0 Å². The summed E-state index contributed by atoms with van der Waals surface area (Å²) in [5, 5.41) is 7.59. The fourth-order valence-electron chi connectivity index (χ4n) is 3.84. The normalized spacial score (nSPS) is 24.8. The molecule has 116 valence electrons. The highest BCUT2D eigenvalue weighted by Gasteiger charge is 2.33. The number of rotatable bonds is 2. The first kappa shape index (κ1) is 14.6. The van der Waals surface area contributed by atoms with Crippen molar-refractivity contribution in [3.63, 3.8) is 0 Å². The summed E-state index contributed by atoms with van der Waals surface area (Å²) >= 11 is 0. The van der Waals surface area contributed by atoms with Crippen molar-refractivity contribution >= 4 is 5.91 Å². The largest absolute Gasteiger partial charge is 0.334 e. The highest BCUT2D eigenvalue weighted by molar-refractivity contribution is 5.92. The first-order chi connectivity index (χ1) is 10.3. The Bertz CT molecular complexity index is 478. The highest BCUT2D eigenvalue weighted by atomic mass is 16.2. The van der Waals surface area contributed by atoms with Crippen LogP contribution in [0.5, 0.6) is 0 Å². The molecule has 0 bridgehead atoms. The first-order valence-corrected chi connectivity index (χ1v) is 8.27. The Hall–Kier alpha value is -1.36. The number of carbonyl (C=O) groups excluding carboxylic acids is 1. The number of aromatic nitrogens is 2.